The van der Waals surface area contributed by atoms with E-state index in [9.17, 15) is 0 Å². The lowest BCUT2D eigenvalue weighted by atomic mass is 10.4. The van der Waals surface area contributed by atoms with Gasteiger partial charge in [-0.2, -0.15) is 4.98 Å². The Balaban J connectivity index is 1.83. The average Bonchev–Trinajstić information content (AvgIpc) is 2.94. The van der Waals surface area contributed by atoms with E-state index in [0.29, 0.717) is 17.5 Å². The van der Waals surface area contributed by atoms with Crippen LogP contribution in [0.4, 0.5) is 0 Å². The molecular formula is C10H8N4OS2. The van der Waals surface area contributed by atoms with Gasteiger partial charge >= 0.3 is 0 Å². The van der Waals surface area contributed by atoms with Crippen LogP contribution in [0, 0.1) is 6.92 Å². The van der Waals surface area contributed by atoms with Gasteiger partial charge in [-0.05, 0) is 18.4 Å². The first-order valence-electron chi connectivity index (χ1n) is 4.93. The number of nitrogens with zero attached hydrogens (tertiary/aromatic N) is 4. The van der Waals surface area contributed by atoms with Crippen LogP contribution in [-0.2, 0) is 5.75 Å². The number of thioether (sulfide) groups is 1. The number of aryl methyl sites for hydroxylation is 1. The minimum absolute atomic E-state index is 0.620. The van der Waals surface area contributed by atoms with Crippen molar-refractivity contribution in [3.8, 4) is 0 Å². The zero-order valence-electron chi connectivity index (χ0n) is 8.95. The molecule has 0 saturated carbocycles. The molecule has 0 atom stereocenters. The molecule has 17 heavy (non-hydrogen) atoms. The summed E-state index contributed by atoms with van der Waals surface area (Å²) in [5.74, 6) is 1.90. The molecule has 0 aliphatic rings. The predicted molar refractivity (Wildman–Crippen MR) is 66.0 cm³/mol. The Morgan fingerprint density at radius 2 is 2.35 bits per heavy atom. The molecule has 5 nitrogen and oxygen atoms in total. The van der Waals surface area contributed by atoms with Crippen molar-refractivity contribution >= 4 is 33.3 Å². The van der Waals surface area contributed by atoms with Gasteiger partial charge in [-0.3, -0.25) is 0 Å². The highest BCUT2D eigenvalue weighted by Gasteiger charge is 2.08. The fourth-order valence-electron chi connectivity index (χ4n) is 1.41. The summed E-state index contributed by atoms with van der Waals surface area (Å²) < 4.78 is 5.06. The Hall–Kier alpha value is -1.47. The topological polar surface area (TPSA) is 64.7 Å². The molecule has 0 bridgehead atoms. The summed E-state index contributed by atoms with van der Waals surface area (Å²) in [6.07, 6.45) is 1.58. The number of hydrogen-bond donors (Lipinski definition) is 0. The van der Waals surface area contributed by atoms with Crippen LogP contribution in [0.15, 0.2) is 27.3 Å². The minimum Gasteiger partial charge on any atom is -0.338 e. The summed E-state index contributed by atoms with van der Waals surface area (Å²) in [5, 5.41) is 7.80. The SMILES string of the molecule is Cc1noc(CSc2ncnc3sccc23)n1. The van der Waals surface area contributed by atoms with E-state index in [1.165, 1.54) is 0 Å². The molecule has 3 heterocycles. The summed E-state index contributed by atoms with van der Waals surface area (Å²) in [6.45, 7) is 1.80. The van der Waals surface area contributed by atoms with Crippen LogP contribution in [0.5, 0.6) is 0 Å². The van der Waals surface area contributed by atoms with E-state index in [-0.39, 0.29) is 0 Å². The lowest BCUT2D eigenvalue weighted by molar-refractivity contribution is 0.387. The van der Waals surface area contributed by atoms with Crippen LogP contribution < -0.4 is 0 Å². The fraction of sp³-hybridized carbons (Fsp3) is 0.200. The molecule has 86 valence electrons. The first kappa shape index (κ1) is 10.7. The van der Waals surface area contributed by atoms with Crippen molar-refractivity contribution in [2.75, 3.05) is 0 Å². The second-order valence-corrected chi connectivity index (χ2v) is 5.20. The summed E-state index contributed by atoms with van der Waals surface area (Å²) in [5.41, 5.74) is 0. The van der Waals surface area contributed by atoms with Gasteiger partial charge in [0.05, 0.1) is 5.75 Å². The zero-order chi connectivity index (χ0) is 11.7. The standard InChI is InChI=1S/C10H8N4OS2/c1-6-13-8(15-14-6)4-17-10-7-2-3-16-9(7)11-5-12-10/h2-3,5H,4H2,1H3. The van der Waals surface area contributed by atoms with Gasteiger partial charge in [0.2, 0.25) is 5.89 Å². The van der Waals surface area contributed by atoms with Crippen LogP contribution >= 0.6 is 23.1 Å². The maximum absolute atomic E-state index is 5.06. The second-order valence-electron chi connectivity index (χ2n) is 3.34. The molecule has 3 rings (SSSR count). The Labute approximate surface area is 105 Å². The van der Waals surface area contributed by atoms with Gasteiger partial charge in [0.15, 0.2) is 5.82 Å². The quantitative estimate of drug-likeness (QED) is 0.535. The molecule has 0 fully saturated rings. The molecule has 0 spiro atoms. The maximum Gasteiger partial charge on any atom is 0.237 e. The molecule has 0 aromatic carbocycles. The van der Waals surface area contributed by atoms with Crippen molar-refractivity contribution < 1.29 is 4.52 Å². The Morgan fingerprint density at radius 3 is 3.18 bits per heavy atom. The fourth-order valence-corrected chi connectivity index (χ4v) is 3.03. The molecule has 7 heteroatoms. The minimum atomic E-state index is 0.620. The summed E-state index contributed by atoms with van der Waals surface area (Å²) in [6, 6.07) is 2.03. The van der Waals surface area contributed by atoms with Crippen molar-refractivity contribution in [1.82, 2.24) is 20.1 Å². The lowest BCUT2D eigenvalue weighted by Crippen LogP contribution is -1.85. The van der Waals surface area contributed by atoms with Crippen molar-refractivity contribution in [1.29, 1.82) is 0 Å². The molecule has 0 saturated heterocycles. The van der Waals surface area contributed by atoms with Gasteiger partial charge in [0, 0.05) is 5.39 Å². The van der Waals surface area contributed by atoms with Crippen molar-refractivity contribution in [2.24, 2.45) is 0 Å². The third-order valence-electron chi connectivity index (χ3n) is 2.13. The summed E-state index contributed by atoms with van der Waals surface area (Å²) in [4.78, 5) is 13.6. The lowest BCUT2D eigenvalue weighted by Gasteiger charge is -1.98. The monoisotopic (exact) mass is 264 g/mol. The second kappa shape index (κ2) is 4.42. The van der Waals surface area contributed by atoms with Gasteiger partial charge in [0.1, 0.15) is 16.2 Å². The van der Waals surface area contributed by atoms with Crippen molar-refractivity contribution in [3.05, 3.63) is 29.5 Å². The van der Waals surface area contributed by atoms with Crippen LogP contribution in [0.1, 0.15) is 11.7 Å². The molecule has 0 aliphatic carbocycles. The van der Waals surface area contributed by atoms with E-state index in [1.54, 1.807) is 36.3 Å². The molecule has 0 radical (unpaired) electrons. The highest BCUT2D eigenvalue weighted by atomic mass is 32.2. The van der Waals surface area contributed by atoms with Crippen LogP contribution in [0.25, 0.3) is 10.2 Å². The van der Waals surface area contributed by atoms with Crippen LogP contribution in [-0.4, -0.2) is 20.1 Å². The molecular weight excluding hydrogens is 256 g/mol. The van der Waals surface area contributed by atoms with Gasteiger partial charge < -0.3 is 4.52 Å². The van der Waals surface area contributed by atoms with Crippen molar-refractivity contribution in [2.45, 2.75) is 17.7 Å². The highest BCUT2D eigenvalue weighted by molar-refractivity contribution is 7.98. The van der Waals surface area contributed by atoms with E-state index >= 15 is 0 Å². The first-order chi connectivity index (χ1) is 8.33. The van der Waals surface area contributed by atoms with E-state index in [1.807, 2.05) is 11.4 Å². The van der Waals surface area contributed by atoms with Gasteiger partial charge in [-0.15, -0.1) is 11.3 Å². The van der Waals surface area contributed by atoms with E-state index in [0.717, 1.165) is 15.2 Å². The van der Waals surface area contributed by atoms with E-state index < -0.39 is 0 Å². The Morgan fingerprint density at radius 1 is 1.41 bits per heavy atom. The first-order valence-corrected chi connectivity index (χ1v) is 6.79. The van der Waals surface area contributed by atoms with Crippen LogP contribution in [0.2, 0.25) is 0 Å². The average molecular weight is 264 g/mol. The molecule has 3 aromatic rings. The third kappa shape index (κ3) is 2.16. The van der Waals surface area contributed by atoms with E-state index in [4.69, 9.17) is 4.52 Å². The van der Waals surface area contributed by atoms with Crippen molar-refractivity contribution in [3.63, 3.8) is 0 Å². The van der Waals surface area contributed by atoms with Gasteiger partial charge in [-0.1, -0.05) is 16.9 Å². The van der Waals surface area contributed by atoms with Gasteiger partial charge in [-0.25, -0.2) is 9.97 Å². The number of fused-ring (bicyclic) bond motifs is 1. The number of rotatable bonds is 3. The summed E-state index contributed by atoms with van der Waals surface area (Å²) >= 11 is 3.19. The predicted octanol–water partition coefficient (Wildman–Crippen LogP) is 2.68. The normalized spacial score (nSPS) is 11.1. The smallest absolute Gasteiger partial charge is 0.237 e. The number of thiophene rings is 1. The summed E-state index contributed by atoms with van der Waals surface area (Å²) in [7, 11) is 0. The van der Waals surface area contributed by atoms with E-state index in [2.05, 4.69) is 20.1 Å². The van der Waals surface area contributed by atoms with Gasteiger partial charge in [0.25, 0.3) is 0 Å². The Bertz CT molecular complexity index is 648. The van der Waals surface area contributed by atoms with Crippen LogP contribution in [0.3, 0.4) is 0 Å². The zero-order valence-corrected chi connectivity index (χ0v) is 10.6. The molecule has 0 unspecified atom stereocenters. The number of hydrogen-bond acceptors (Lipinski definition) is 7. The third-order valence-corrected chi connectivity index (χ3v) is 3.94. The maximum atomic E-state index is 5.06. The Kier molecular flexibility index (Phi) is 2.77. The molecule has 0 amide bonds. The highest BCUT2D eigenvalue weighted by Crippen LogP contribution is 2.29. The number of aromatic nitrogens is 4. The molecule has 3 aromatic heterocycles. The molecule has 0 N–H and O–H groups in total. The molecule has 0 aliphatic heterocycles. The largest absolute Gasteiger partial charge is 0.338 e.